The molecule has 0 aromatic heterocycles. The van der Waals surface area contributed by atoms with Crippen LogP contribution in [-0.2, 0) is 16.2 Å². The molecule has 0 fully saturated rings. The first-order chi connectivity index (χ1) is 9.49. The molecule has 0 heterocycles. The molecule has 0 aliphatic heterocycles. The molecule has 12 heteroatoms. The number of anilines is 1. The third-order valence-electron chi connectivity index (χ3n) is 2.20. The summed E-state index contributed by atoms with van der Waals surface area (Å²) in [6, 6.07) is 1.71. The van der Waals surface area contributed by atoms with Gasteiger partial charge in [-0.2, -0.15) is 22.0 Å². The third-order valence-corrected chi connectivity index (χ3v) is 3.19. The van der Waals surface area contributed by atoms with E-state index in [-0.39, 0.29) is 6.07 Å². The second-order valence-corrected chi connectivity index (χ2v) is 5.30. The maximum Gasteiger partial charge on any atom is 0.417 e. The number of benzene rings is 1. The van der Waals surface area contributed by atoms with Crippen LogP contribution in [0.3, 0.4) is 0 Å². The highest BCUT2D eigenvalue weighted by Gasteiger charge is 2.35. The largest absolute Gasteiger partial charge is 0.417 e. The smallest absolute Gasteiger partial charge is 0.409 e. The third kappa shape index (κ3) is 3.93. The monoisotopic (exact) mass is 333 g/mol. The van der Waals surface area contributed by atoms with Gasteiger partial charge in [0, 0.05) is 11.3 Å². The standard InChI is InChI=1S/C9H8F5N3O3S/c10-8(11)21(19,20)17-4-1-2-5(7(15)16-18)6(3-4)9(12,13)14/h1-3,8,17-18H,(H2,15,16). The number of nitrogens with zero attached hydrogens (tertiary/aromatic N) is 1. The Morgan fingerprint density at radius 2 is 1.90 bits per heavy atom. The van der Waals surface area contributed by atoms with Gasteiger partial charge in [-0.1, -0.05) is 5.16 Å². The first-order valence-corrected chi connectivity index (χ1v) is 6.52. The van der Waals surface area contributed by atoms with Crippen molar-refractivity contribution in [3.05, 3.63) is 29.3 Å². The fourth-order valence-electron chi connectivity index (χ4n) is 1.33. The maximum absolute atomic E-state index is 12.8. The molecule has 0 saturated heterocycles. The average Bonchev–Trinajstić information content (AvgIpc) is 2.36. The summed E-state index contributed by atoms with van der Waals surface area (Å²) in [6.45, 7) is 0. The number of hydrogen-bond acceptors (Lipinski definition) is 4. The molecular weight excluding hydrogens is 325 g/mol. The van der Waals surface area contributed by atoms with Gasteiger partial charge in [-0.3, -0.25) is 4.72 Å². The predicted molar refractivity (Wildman–Crippen MR) is 62.5 cm³/mol. The minimum absolute atomic E-state index is 0.257. The van der Waals surface area contributed by atoms with Crippen LogP contribution in [0.1, 0.15) is 11.1 Å². The molecule has 1 rings (SSSR count). The van der Waals surface area contributed by atoms with Gasteiger partial charge in [-0.15, -0.1) is 0 Å². The highest BCUT2D eigenvalue weighted by molar-refractivity contribution is 7.93. The zero-order valence-corrected chi connectivity index (χ0v) is 10.7. The topological polar surface area (TPSA) is 105 Å². The van der Waals surface area contributed by atoms with Crippen molar-refractivity contribution >= 4 is 21.5 Å². The number of sulfonamides is 1. The SMILES string of the molecule is NC(=NO)c1ccc(NS(=O)(=O)C(F)F)cc1C(F)(F)F. The number of halogens is 5. The van der Waals surface area contributed by atoms with Crippen molar-refractivity contribution in [2.24, 2.45) is 10.9 Å². The molecule has 0 bridgehead atoms. The number of hydrogen-bond donors (Lipinski definition) is 3. The van der Waals surface area contributed by atoms with Gasteiger partial charge in [0.1, 0.15) is 0 Å². The normalized spacial score (nSPS) is 13.5. The number of alkyl halides is 5. The quantitative estimate of drug-likeness (QED) is 0.257. The van der Waals surface area contributed by atoms with Gasteiger partial charge >= 0.3 is 11.9 Å². The zero-order chi connectivity index (χ0) is 16.4. The van der Waals surface area contributed by atoms with Crippen molar-refractivity contribution in [1.82, 2.24) is 0 Å². The van der Waals surface area contributed by atoms with E-state index in [1.165, 1.54) is 4.72 Å². The van der Waals surface area contributed by atoms with E-state index in [9.17, 15) is 30.4 Å². The van der Waals surface area contributed by atoms with Gasteiger partial charge in [0.25, 0.3) is 10.0 Å². The fourth-order valence-corrected chi connectivity index (χ4v) is 1.87. The van der Waals surface area contributed by atoms with E-state index in [2.05, 4.69) is 5.16 Å². The van der Waals surface area contributed by atoms with E-state index in [1.54, 1.807) is 0 Å². The van der Waals surface area contributed by atoms with Crippen LogP contribution in [-0.4, -0.2) is 25.2 Å². The molecule has 0 unspecified atom stereocenters. The maximum atomic E-state index is 12.8. The summed E-state index contributed by atoms with van der Waals surface area (Å²) in [4.78, 5) is 0. The Morgan fingerprint density at radius 3 is 2.33 bits per heavy atom. The molecule has 21 heavy (non-hydrogen) atoms. The summed E-state index contributed by atoms with van der Waals surface area (Å²) in [5.41, 5.74) is 2.14. The van der Waals surface area contributed by atoms with Crippen molar-refractivity contribution in [3.8, 4) is 0 Å². The predicted octanol–water partition coefficient (Wildman–Crippen LogP) is 1.76. The molecule has 118 valence electrons. The number of nitrogens with two attached hydrogens (primary N) is 1. The number of amidine groups is 1. The first kappa shape index (κ1) is 16.9. The van der Waals surface area contributed by atoms with Crippen LogP contribution < -0.4 is 10.5 Å². The summed E-state index contributed by atoms with van der Waals surface area (Å²) >= 11 is 0. The average molecular weight is 333 g/mol. The van der Waals surface area contributed by atoms with Crippen LogP contribution >= 0.6 is 0 Å². The van der Waals surface area contributed by atoms with Gasteiger partial charge in [0.2, 0.25) is 0 Å². The zero-order valence-electron chi connectivity index (χ0n) is 9.90. The molecule has 0 saturated carbocycles. The number of nitrogens with one attached hydrogen (secondary N) is 1. The molecule has 0 aliphatic carbocycles. The van der Waals surface area contributed by atoms with Crippen LogP contribution in [0.2, 0.25) is 0 Å². The van der Waals surface area contributed by atoms with Crippen LogP contribution in [0.4, 0.5) is 27.6 Å². The van der Waals surface area contributed by atoms with Gasteiger partial charge in [-0.05, 0) is 18.2 Å². The first-order valence-electron chi connectivity index (χ1n) is 4.98. The van der Waals surface area contributed by atoms with Gasteiger partial charge in [0.15, 0.2) is 5.84 Å². The van der Waals surface area contributed by atoms with Gasteiger partial charge in [-0.25, -0.2) is 8.42 Å². The van der Waals surface area contributed by atoms with Crippen molar-refractivity contribution in [2.75, 3.05) is 4.72 Å². The Bertz CT molecular complexity index is 657. The van der Waals surface area contributed by atoms with E-state index >= 15 is 0 Å². The minimum atomic E-state index is -5.11. The number of oxime groups is 1. The Hall–Kier alpha value is -2.11. The molecule has 0 aliphatic rings. The molecule has 0 spiro atoms. The molecule has 1 aromatic rings. The fraction of sp³-hybridized carbons (Fsp3) is 0.222. The van der Waals surface area contributed by atoms with E-state index in [0.29, 0.717) is 6.07 Å². The van der Waals surface area contributed by atoms with Crippen molar-refractivity contribution in [3.63, 3.8) is 0 Å². The Kier molecular flexibility index (Phi) is 4.61. The van der Waals surface area contributed by atoms with Crippen LogP contribution in [0.15, 0.2) is 23.4 Å². The molecule has 0 atom stereocenters. The summed E-state index contributed by atoms with van der Waals surface area (Å²) in [7, 11) is -5.11. The van der Waals surface area contributed by atoms with E-state index in [0.717, 1.165) is 6.07 Å². The molecule has 6 nitrogen and oxygen atoms in total. The molecule has 0 amide bonds. The van der Waals surface area contributed by atoms with Crippen LogP contribution in [0.25, 0.3) is 0 Å². The molecule has 4 N–H and O–H groups in total. The summed E-state index contributed by atoms with van der Waals surface area (Å²) in [5.74, 6) is -4.68. The highest BCUT2D eigenvalue weighted by Crippen LogP contribution is 2.34. The Balaban J connectivity index is 3.36. The molecule has 1 aromatic carbocycles. The second kappa shape index (κ2) is 5.71. The van der Waals surface area contributed by atoms with E-state index in [4.69, 9.17) is 10.9 Å². The van der Waals surface area contributed by atoms with Crippen molar-refractivity contribution in [1.29, 1.82) is 0 Å². The Morgan fingerprint density at radius 1 is 1.33 bits per heavy atom. The second-order valence-electron chi connectivity index (χ2n) is 3.65. The summed E-state index contributed by atoms with van der Waals surface area (Å²) < 4.78 is 85.8. The van der Waals surface area contributed by atoms with Gasteiger partial charge < -0.3 is 10.9 Å². The lowest BCUT2D eigenvalue weighted by Gasteiger charge is -2.14. The van der Waals surface area contributed by atoms with E-state index in [1.807, 2.05) is 0 Å². The lowest BCUT2D eigenvalue weighted by molar-refractivity contribution is -0.137. The van der Waals surface area contributed by atoms with Gasteiger partial charge in [0.05, 0.1) is 5.56 Å². The minimum Gasteiger partial charge on any atom is -0.409 e. The summed E-state index contributed by atoms with van der Waals surface area (Å²) in [5, 5.41) is 10.8. The lowest BCUT2D eigenvalue weighted by Crippen LogP contribution is -2.23. The number of rotatable bonds is 4. The van der Waals surface area contributed by atoms with Crippen molar-refractivity contribution < 1.29 is 35.6 Å². The van der Waals surface area contributed by atoms with E-state index < -0.39 is 44.6 Å². The molecule has 0 radical (unpaired) electrons. The Labute approximate surface area is 115 Å². The summed E-state index contributed by atoms with van der Waals surface area (Å²) in [6.07, 6.45) is -4.98. The lowest BCUT2D eigenvalue weighted by atomic mass is 10.1. The highest BCUT2D eigenvalue weighted by atomic mass is 32.2. The molecular formula is C9H8F5N3O3S. The van der Waals surface area contributed by atoms with Crippen molar-refractivity contribution in [2.45, 2.75) is 11.9 Å². The van der Waals surface area contributed by atoms with Crippen LogP contribution in [0.5, 0.6) is 0 Å². The van der Waals surface area contributed by atoms with Crippen LogP contribution in [0, 0.1) is 0 Å².